The first-order chi connectivity index (χ1) is 13.9. The standard InChI is InChI=1S/C22H26N4O3/c1-13-3-2-4-17-19(13)23-12-26(20(17)28)11-18(27)24-21(29)25-22-8-14-5-15(9-22)7-16(6-14)10-22/h2-4,12,14-16H,5-11H2,1H3,(H2,24,25,27,29). The number of nitrogens with zero attached hydrogens (tertiary/aromatic N) is 2. The Morgan fingerprint density at radius 1 is 1.14 bits per heavy atom. The highest BCUT2D eigenvalue weighted by molar-refractivity contribution is 5.94. The molecule has 2 aromatic rings. The van der Waals surface area contributed by atoms with Crippen molar-refractivity contribution in [2.75, 3.05) is 0 Å². The van der Waals surface area contributed by atoms with Gasteiger partial charge >= 0.3 is 6.03 Å². The molecule has 29 heavy (non-hydrogen) atoms. The summed E-state index contributed by atoms with van der Waals surface area (Å²) >= 11 is 0. The third kappa shape index (κ3) is 3.32. The van der Waals surface area contributed by atoms with Crippen LogP contribution in [0.5, 0.6) is 0 Å². The monoisotopic (exact) mass is 394 g/mol. The van der Waals surface area contributed by atoms with Crippen LogP contribution in [0.25, 0.3) is 10.9 Å². The third-order valence-corrected chi connectivity index (χ3v) is 7.04. The maximum absolute atomic E-state index is 12.6. The summed E-state index contributed by atoms with van der Waals surface area (Å²) in [5.41, 5.74) is 1.10. The maximum Gasteiger partial charge on any atom is 0.321 e. The first kappa shape index (κ1) is 18.3. The molecule has 4 aliphatic rings. The highest BCUT2D eigenvalue weighted by atomic mass is 16.2. The number of urea groups is 1. The van der Waals surface area contributed by atoms with Gasteiger partial charge in [-0.1, -0.05) is 12.1 Å². The molecule has 0 radical (unpaired) electrons. The number of hydrogen-bond acceptors (Lipinski definition) is 4. The Balaban J connectivity index is 1.25. The van der Waals surface area contributed by atoms with Gasteiger partial charge in [0.15, 0.2) is 0 Å². The molecule has 0 unspecified atom stereocenters. The van der Waals surface area contributed by atoms with Crippen LogP contribution in [-0.2, 0) is 11.3 Å². The first-order valence-electron chi connectivity index (χ1n) is 10.5. The molecule has 1 heterocycles. The SMILES string of the molecule is Cc1cccc2c(=O)n(CC(=O)NC(=O)NC34CC5CC(CC(C5)C3)C4)cnc12. The molecule has 3 amide bonds. The van der Waals surface area contributed by atoms with Gasteiger partial charge in [-0.15, -0.1) is 0 Å². The van der Waals surface area contributed by atoms with Crippen molar-refractivity contribution < 1.29 is 9.59 Å². The number of hydrogen-bond donors (Lipinski definition) is 2. The number of aromatic nitrogens is 2. The second-order valence-electron chi connectivity index (χ2n) is 9.35. The molecular weight excluding hydrogens is 368 g/mol. The summed E-state index contributed by atoms with van der Waals surface area (Å²) in [6, 6.07) is 4.94. The van der Waals surface area contributed by atoms with E-state index in [-0.39, 0.29) is 17.6 Å². The van der Waals surface area contributed by atoms with Gasteiger partial charge in [0.1, 0.15) is 6.54 Å². The van der Waals surface area contributed by atoms with Gasteiger partial charge in [0, 0.05) is 5.54 Å². The lowest BCUT2D eigenvalue weighted by Crippen LogP contribution is -2.62. The molecule has 7 nitrogen and oxygen atoms in total. The number of aryl methyl sites for hydroxylation is 1. The highest BCUT2D eigenvalue weighted by Crippen LogP contribution is 2.55. The fourth-order valence-corrected chi connectivity index (χ4v) is 6.31. The van der Waals surface area contributed by atoms with Gasteiger partial charge in [-0.25, -0.2) is 9.78 Å². The second-order valence-corrected chi connectivity index (χ2v) is 9.35. The summed E-state index contributed by atoms with van der Waals surface area (Å²) in [6.07, 6.45) is 8.31. The minimum atomic E-state index is -0.511. The molecule has 4 bridgehead atoms. The summed E-state index contributed by atoms with van der Waals surface area (Å²) in [5.74, 6) is 1.62. The van der Waals surface area contributed by atoms with Gasteiger partial charge < -0.3 is 5.32 Å². The van der Waals surface area contributed by atoms with E-state index in [0.717, 1.165) is 24.8 Å². The highest BCUT2D eigenvalue weighted by Gasteiger charge is 2.51. The van der Waals surface area contributed by atoms with Crippen LogP contribution in [0.15, 0.2) is 29.3 Å². The lowest BCUT2D eigenvalue weighted by atomic mass is 9.53. The summed E-state index contributed by atoms with van der Waals surface area (Å²) in [5, 5.41) is 6.00. The Hall–Kier alpha value is -2.70. The van der Waals surface area contributed by atoms with Crippen LogP contribution < -0.4 is 16.2 Å². The van der Waals surface area contributed by atoms with Crippen LogP contribution in [0.2, 0.25) is 0 Å². The molecular formula is C22H26N4O3. The molecule has 1 aromatic heterocycles. The summed E-state index contributed by atoms with van der Waals surface area (Å²) in [6.45, 7) is 1.66. The Labute approximate surface area is 168 Å². The average molecular weight is 394 g/mol. The van der Waals surface area contributed by atoms with Crippen LogP contribution in [0, 0.1) is 24.7 Å². The van der Waals surface area contributed by atoms with Crippen molar-refractivity contribution in [1.29, 1.82) is 0 Å². The van der Waals surface area contributed by atoms with Crippen molar-refractivity contribution in [3.05, 3.63) is 40.4 Å². The van der Waals surface area contributed by atoms with Crippen molar-refractivity contribution in [3.8, 4) is 0 Å². The molecule has 4 fully saturated rings. The lowest BCUT2D eigenvalue weighted by Gasteiger charge is -2.56. The molecule has 7 heteroatoms. The lowest BCUT2D eigenvalue weighted by molar-refractivity contribution is -0.120. The van der Waals surface area contributed by atoms with E-state index in [1.54, 1.807) is 12.1 Å². The van der Waals surface area contributed by atoms with E-state index in [0.29, 0.717) is 28.7 Å². The molecule has 0 saturated heterocycles. The first-order valence-corrected chi connectivity index (χ1v) is 10.5. The predicted octanol–water partition coefficient (Wildman–Crippen LogP) is 2.50. The van der Waals surface area contributed by atoms with Gasteiger partial charge in [0.05, 0.1) is 17.2 Å². The Kier molecular flexibility index (Phi) is 4.22. The maximum atomic E-state index is 12.6. The smallest absolute Gasteiger partial charge is 0.321 e. The number of benzene rings is 1. The molecule has 4 saturated carbocycles. The largest absolute Gasteiger partial charge is 0.332 e. The second kappa shape index (κ2) is 6.68. The molecule has 6 rings (SSSR count). The normalized spacial score (nSPS) is 29.8. The predicted molar refractivity (Wildman–Crippen MR) is 108 cm³/mol. The Morgan fingerprint density at radius 2 is 1.79 bits per heavy atom. The molecule has 0 atom stereocenters. The zero-order valence-corrected chi connectivity index (χ0v) is 16.6. The molecule has 1 aromatic carbocycles. The van der Waals surface area contributed by atoms with E-state index < -0.39 is 11.9 Å². The van der Waals surface area contributed by atoms with E-state index in [1.165, 1.54) is 30.2 Å². The topological polar surface area (TPSA) is 93.1 Å². The number of rotatable bonds is 3. The van der Waals surface area contributed by atoms with E-state index >= 15 is 0 Å². The van der Waals surface area contributed by atoms with Crippen molar-refractivity contribution in [3.63, 3.8) is 0 Å². The Bertz CT molecular complexity index is 1020. The number of amides is 3. The molecule has 2 N–H and O–H groups in total. The Morgan fingerprint density at radius 3 is 2.45 bits per heavy atom. The average Bonchev–Trinajstić information content (AvgIpc) is 2.62. The van der Waals surface area contributed by atoms with Crippen LogP contribution in [0.3, 0.4) is 0 Å². The van der Waals surface area contributed by atoms with Gasteiger partial charge in [0.2, 0.25) is 5.91 Å². The van der Waals surface area contributed by atoms with Crippen LogP contribution in [0.1, 0.15) is 44.1 Å². The van der Waals surface area contributed by atoms with Gasteiger partial charge in [-0.3, -0.25) is 19.5 Å². The molecule has 0 aliphatic heterocycles. The van der Waals surface area contributed by atoms with Gasteiger partial charge in [-0.2, -0.15) is 0 Å². The number of fused-ring (bicyclic) bond motifs is 1. The number of nitrogens with one attached hydrogen (secondary N) is 2. The number of imide groups is 1. The zero-order chi connectivity index (χ0) is 20.2. The minimum absolute atomic E-state index is 0.155. The van der Waals surface area contributed by atoms with Crippen molar-refractivity contribution in [2.45, 2.75) is 57.5 Å². The van der Waals surface area contributed by atoms with Crippen molar-refractivity contribution >= 4 is 22.8 Å². The van der Waals surface area contributed by atoms with Crippen molar-refractivity contribution in [2.24, 2.45) is 17.8 Å². The fourth-order valence-electron chi connectivity index (χ4n) is 6.31. The third-order valence-electron chi connectivity index (χ3n) is 7.04. The summed E-state index contributed by atoms with van der Waals surface area (Å²) < 4.78 is 1.25. The molecule has 152 valence electrons. The van der Waals surface area contributed by atoms with Gasteiger partial charge in [-0.05, 0) is 74.8 Å². The number of carbonyl (C=O) groups excluding carboxylic acids is 2. The summed E-state index contributed by atoms with van der Waals surface area (Å²) in [4.78, 5) is 41.9. The van der Waals surface area contributed by atoms with Crippen LogP contribution in [0.4, 0.5) is 4.79 Å². The quantitative estimate of drug-likeness (QED) is 0.836. The minimum Gasteiger partial charge on any atom is -0.332 e. The molecule has 0 spiro atoms. The molecule has 4 aliphatic carbocycles. The van der Waals surface area contributed by atoms with E-state index in [2.05, 4.69) is 15.6 Å². The van der Waals surface area contributed by atoms with Gasteiger partial charge in [0.25, 0.3) is 5.56 Å². The number of para-hydroxylation sites is 1. The van der Waals surface area contributed by atoms with E-state index in [9.17, 15) is 14.4 Å². The van der Waals surface area contributed by atoms with Crippen molar-refractivity contribution in [1.82, 2.24) is 20.2 Å². The zero-order valence-electron chi connectivity index (χ0n) is 16.6. The number of carbonyl (C=O) groups is 2. The summed E-state index contributed by atoms with van der Waals surface area (Å²) in [7, 11) is 0. The van der Waals surface area contributed by atoms with Crippen LogP contribution >= 0.6 is 0 Å². The van der Waals surface area contributed by atoms with E-state index in [4.69, 9.17) is 0 Å². The van der Waals surface area contributed by atoms with E-state index in [1.807, 2.05) is 13.0 Å². The van der Waals surface area contributed by atoms with Crippen LogP contribution in [-0.4, -0.2) is 27.0 Å². The fraction of sp³-hybridized carbons (Fsp3) is 0.545.